The molecule has 2 heterocycles. The third kappa shape index (κ3) is 8.68. The first-order chi connectivity index (χ1) is 28.1. The molecule has 0 aromatic heterocycles. The van der Waals surface area contributed by atoms with Crippen LogP contribution >= 0.6 is 0 Å². The Labute approximate surface area is 358 Å². The average Bonchev–Trinajstić information content (AvgIpc) is 3.72. The maximum absolute atomic E-state index is 6.70. The minimum Gasteiger partial charge on any atom is -0.399 e. The fraction of sp³-hybridized carbons (Fsp3) is 0.547. The van der Waals surface area contributed by atoms with Gasteiger partial charge in [-0.2, -0.15) is 0 Å². The second kappa shape index (κ2) is 17.7. The molecule has 59 heavy (non-hydrogen) atoms. The molecule has 0 radical (unpaired) electrons. The van der Waals surface area contributed by atoms with Crippen molar-refractivity contribution in [3.05, 3.63) is 118 Å². The maximum atomic E-state index is 6.70. The molecule has 4 nitrogen and oxygen atoms in total. The van der Waals surface area contributed by atoms with Gasteiger partial charge in [-0.25, -0.2) is 0 Å². The van der Waals surface area contributed by atoms with E-state index in [0.717, 1.165) is 23.8 Å². The maximum Gasteiger partial charge on any atom is 0.494 e. The van der Waals surface area contributed by atoms with Gasteiger partial charge in [0, 0.05) is 0 Å². The van der Waals surface area contributed by atoms with Crippen LogP contribution in [0.15, 0.2) is 84.9 Å². The normalized spacial score (nSPS) is 19.3. The fourth-order valence-electron chi connectivity index (χ4n) is 9.46. The third-order valence-corrected chi connectivity index (χ3v) is 14.6. The van der Waals surface area contributed by atoms with Gasteiger partial charge in [0.15, 0.2) is 0 Å². The quantitative estimate of drug-likeness (QED) is 0.0654. The Morgan fingerprint density at radius 2 is 0.712 bits per heavy atom. The van der Waals surface area contributed by atoms with Crippen molar-refractivity contribution in [2.75, 3.05) is 0 Å². The van der Waals surface area contributed by atoms with Gasteiger partial charge in [0.25, 0.3) is 0 Å². The van der Waals surface area contributed by atoms with E-state index in [2.05, 4.69) is 154 Å². The van der Waals surface area contributed by atoms with Gasteiger partial charge >= 0.3 is 14.2 Å². The summed E-state index contributed by atoms with van der Waals surface area (Å²) < 4.78 is 26.8. The molecule has 0 unspecified atom stereocenters. The first-order valence-electron chi connectivity index (χ1n) is 23.3. The summed E-state index contributed by atoms with van der Waals surface area (Å²) >= 11 is 0. The SMILES string of the molecule is CCCCCCCCc1ccc(C2(c3ccc(CCCCCCCC)cc3)c3cc(B4OC(C)(C)C(C)(C)O4)ccc3-c3ccc(B4OC(C)(C)C(C)(C)O4)cc32)cc1. The van der Waals surface area contributed by atoms with Crippen LogP contribution in [-0.4, -0.2) is 36.6 Å². The summed E-state index contributed by atoms with van der Waals surface area (Å²) in [7, 11) is -0.933. The molecule has 2 aliphatic heterocycles. The van der Waals surface area contributed by atoms with Crippen molar-refractivity contribution in [3.63, 3.8) is 0 Å². The highest BCUT2D eigenvalue weighted by Gasteiger charge is 2.55. The Bertz CT molecular complexity index is 1850. The molecule has 4 aromatic rings. The van der Waals surface area contributed by atoms with Crippen LogP contribution in [0.4, 0.5) is 0 Å². The molecule has 0 N–H and O–H groups in total. The highest BCUT2D eigenvalue weighted by Crippen LogP contribution is 2.56. The lowest BCUT2D eigenvalue weighted by Gasteiger charge is -2.35. The number of hydrogen-bond acceptors (Lipinski definition) is 4. The monoisotopic (exact) mass is 795 g/mol. The standard InChI is InChI=1S/C53H72B2O4/c1-11-13-15-17-19-21-23-39-25-29-41(30-26-39)53(42-31-27-40(28-32-42)24-22-20-18-16-14-12-2)47-37-43(54-56-49(3,4)50(5,6)57-54)33-35-45(47)46-36-34-44(38-48(46)53)55-58-51(7,8)52(9,10)59-55/h25-38H,11-24H2,1-10H3. The number of benzene rings is 4. The summed E-state index contributed by atoms with van der Waals surface area (Å²) in [5.41, 5.74) is 10.1. The number of hydrogen-bond donors (Lipinski definition) is 0. The van der Waals surface area contributed by atoms with Gasteiger partial charge in [-0.05, 0) is 137 Å². The van der Waals surface area contributed by atoms with E-state index in [9.17, 15) is 0 Å². The predicted molar refractivity (Wildman–Crippen MR) is 249 cm³/mol. The Hall–Kier alpha value is -3.15. The third-order valence-electron chi connectivity index (χ3n) is 14.6. The minimum atomic E-state index is -0.596. The lowest BCUT2D eigenvalue weighted by molar-refractivity contribution is 0.00578. The van der Waals surface area contributed by atoms with E-state index in [4.69, 9.17) is 18.6 Å². The lowest BCUT2D eigenvalue weighted by atomic mass is 9.65. The van der Waals surface area contributed by atoms with E-state index in [1.807, 2.05) is 0 Å². The zero-order valence-corrected chi connectivity index (χ0v) is 38.3. The lowest BCUT2D eigenvalue weighted by Crippen LogP contribution is -2.41. The van der Waals surface area contributed by atoms with Crippen LogP contribution < -0.4 is 10.9 Å². The van der Waals surface area contributed by atoms with E-state index in [1.54, 1.807) is 0 Å². The molecule has 0 spiro atoms. The van der Waals surface area contributed by atoms with Gasteiger partial charge in [-0.3, -0.25) is 0 Å². The van der Waals surface area contributed by atoms with E-state index >= 15 is 0 Å². The molecule has 4 aromatic carbocycles. The Kier molecular flexibility index (Phi) is 13.2. The summed E-state index contributed by atoms with van der Waals surface area (Å²) in [5, 5.41) is 0. The van der Waals surface area contributed by atoms with Gasteiger partial charge in [0.05, 0.1) is 27.8 Å². The summed E-state index contributed by atoms with van der Waals surface area (Å²) in [6, 6.07) is 33.1. The van der Waals surface area contributed by atoms with Gasteiger partial charge in [-0.15, -0.1) is 0 Å². The van der Waals surface area contributed by atoms with Crippen molar-refractivity contribution in [2.24, 2.45) is 0 Å². The molecule has 3 aliphatic rings. The fourth-order valence-corrected chi connectivity index (χ4v) is 9.46. The number of unbranched alkanes of at least 4 members (excludes halogenated alkanes) is 10. The Morgan fingerprint density at radius 1 is 0.390 bits per heavy atom. The van der Waals surface area contributed by atoms with Gasteiger partial charge < -0.3 is 18.6 Å². The second-order valence-electron chi connectivity index (χ2n) is 20.0. The molecule has 0 bridgehead atoms. The van der Waals surface area contributed by atoms with Crippen molar-refractivity contribution < 1.29 is 18.6 Å². The number of aryl methyl sites for hydroxylation is 2. The molecule has 2 fully saturated rings. The van der Waals surface area contributed by atoms with Crippen LogP contribution in [-0.2, 0) is 36.9 Å². The van der Waals surface area contributed by atoms with Crippen molar-refractivity contribution in [3.8, 4) is 11.1 Å². The van der Waals surface area contributed by atoms with Crippen LogP contribution in [0, 0.1) is 0 Å². The van der Waals surface area contributed by atoms with E-state index in [0.29, 0.717) is 0 Å². The first kappa shape index (κ1) is 43.9. The molecule has 0 atom stereocenters. The van der Waals surface area contributed by atoms with Gasteiger partial charge in [0.2, 0.25) is 0 Å². The Morgan fingerprint density at radius 3 is 1.05 bits per heavy atom. The largest absolute Gasteiger partial charge is 0.494 e. The number of rotatable bonds is 18. The Balaban J connectivity index is 1.35. The van der Waals surface area contributed by atoms with Crippen LogP contribution in [0.3, 0.4) is 0 Å². The highest BCUT2D eigenvalue weighted by atomic mass is 16.7. The summed E-state index contributed by atoms with van der Waals surface area (Å²) in [6.07, 6.45) is 17.9. The predicted octanol–water partition coefficient (Wildman–Crippen LogP) is 12.5. The highest BCUT2D eigenvalue weighted by molar-refractivity contribution is 6.62. The van der Waals surface area contributed by atoms with Crippen LogP contribution in [0.1, 0.15) is 180 Å². The van der Waals surface area contributed by atoms with E-state index in [1.165, 1.54) is 122 Å². The average molecular weight is 795 g/mol. The topological polar surface area (TPSA) is 36.9 Å². The number of fused-ring (bicyclic) bond motifs is 3. The molecular weight excluding hydrogens is 722 g/mol. The first-order valence-corrected chi connectivity index (χ1v) is 23.3. The summed E-state index contributed by atoms with van der Waals surface area (Å²) in [4.78, 5) is 0. The summed E-state index contributed by atoms with van der Waals surface area (Å²) in [5.74, 6) is 0. The van der Waals surface area contributed by atoms with Gasteiger partial charge in [0.1, 0.15) is 0 Å². The molecule has 0 amide bonds. The zero-order valence-electron chi connectivity index (χ0n) is 38.3. The van der Waals surface area contributed by atoms with Crippen LogP contribution in [0.5, 0.6) is 0 Å². The molecule has 2 saturated heterocycles. The molecule has 0 saturated carbocycles. The van der Waals surface area contributed by atoms with Crippen molar-refractivity contribution in [1.29, 1.82) is 0 Å². The van der Waals surface area contributed by atoms with E-state index < -0.39 is 42.1 Å². The van der Waals surface area contributed by atoms with Gasteiger partial charge in [-0.1, -0.05) is 163 Å². The van der Waals surface area contributed by atoms with E-state index in [-0.39, 0.29) is 0 Å². The minimum absolute atomic E-state index is 0.438. The molecule has 7 rings (SSSR count). The molecule has 314 valence electrons. The summed E-state index contributed by atoms with van der Waals surface area (Å²) in [6.45, 7) is 21.7. The molecule has 1 aliphatic carbocycles. The zero-order chi connectivity index (χ0) is 42.1. The van der Waals surface area contributed by atoms with Crippen molar-refractivity contribution in [1.82, 2.24) is 0 Å². The molecule has 6 heteroatoms. The van der Waals surface area contributed by atoms with Crippen LogP contribution in [0.2, 0.25) is 0 Å². The second-order valence-corrected chi connectivity index (χ2v) is 20.0. The smallest absolute Gasteiger partial charge is 0.399 e. The van der Waals surface area contributed by atoms with Crippen molar-refractivity contribution >= 4 is 25.2 Å². The van der Waals surface area contributed by atoms with Crippen molar-refractivity contribution in [2.45, 2.75) is 187 Å². The van der Waals surface area contributed by atoms with Crippen LogP contribution in [0.25, 0.3) is 11.1 Å². The molecular formula is C53H72B2O4.